The number of halogens is 2. The van der Waals surface area contributed by atoms with Gasteiger partial charge in [0.1, 0.15) is 0 Å². The minimum absolute atomic E-state index is 0.126. The fourth-order valence-electron chi connectivity index (χ4n) is 1.23. The van der Waals surface area contributed by atoms with Crippen molar-refractivity contribution >= 4 is 39.0 Å². The minimum atomic E-state index is -0.544. The summed E-state index contributed by atoms with van der Waals surface area (Å²) in [6.45, 7) is 1.65. The van der Waals surface area contributed by atoms with Crippen LogP contribution in [0.3, 0.4) is 0 Å². The molecule has 76 valence electrons. The van der Waals surface area contributed by atoms with Gasteiger partial charge in [-0.1, -0.05) is 28.1 Å². The smallest absolute Gasteiger partial charge is 0.182 e. The van der Waals surface area contributed by atoms with E-state index in [0.29, 0.717) is 16.6 Å². The average Bonchev–Trinajstić information content (AvgIpc) is 2.16. The lowest BCUT2D eigenvalue weighted by Crippen LogP contribution is -2.15. The molecule has 1 aromatic carbocycles. The monoisotopic (exact) mass is 275 g/mol. The molecule has 0 bridgehead atoms. The van der Waals surface area contributed by atoms with E-state index in [4.69, 9.17) is 17.3 Å². The second kappa shape index (κ2) is 4.80. The zero-order valence-electron chi connectivity index (χ0n) is 7.76. The molecule has 0 aromatic heterocycles. The summed E-state index contributed by atoms with van der Waals surface area (Å²) in [5.74, 6) is -0.126. The normalized spacial score (nSPS) is 12.5. The number of Topliss-reactive ketones (excluding diaryl/α,β-unsaturated/α-hetero) is 1. The van der Waals surface area contributed by atoms with Crippen molar-refractivity contribution in [1.29, 1.82) is 0 Å². The second-order valence-electron chi connectivity index (χ2n) is 3.00. The van der Waals surface area contributed by atoms with Gasteiger partial charge in [0.15, 0.2) is 5.78 Å². The van der Waals surface area contributed by atoms with Gasteiger partial charge in [0.05, 0.1) is 5.38 Å². The number of hydrogen-bond acceptors (Lipinski definition) is 2. The van der Waals surface area contributed by atoms with Crippen LogP contribution in [0.5, 0.6) is 0 Å². The second-order valence-corrected chi connectivity index (χ2v) is 4.21. The highest BCUT2D eigenvalue weighted by molar-refractivity contribution is 9.08. The van der Waals surface area contributed by atoms with E-state index in [1.165, 1.54) is 0 Å². The van der Waals surface area contributed by atoms with Gasteiger partial charge in [-0.3, -0.25) is 4.79 Å². The molecule has 1 rings (SSSR count). The Bertz CT molecular complexity index is 352. The molecule has 0 heterocycles. The third-order valence-corrected chi connectivity index (χ3v) is 2.74. The average molecular weight is 277 g/mol. The Morgan fingerprint density at radius 3 is 2.79 bits per heavy atom. The molecule has 0 fully saturated rings. The van der Waals surface area contributed by atoms with E-state index in [-0.39, 0.29) is 5.78 Å². The third-order valence-electron chi connectivity index (χ3n) is 1.93. The van der Waals surface area contributed by atoms with Crippen molar-refractivity contribution < 1.29 is 4.79 Å². The van der Waals surface area contributed by atoms with Gasteiger partial charge in [0.25, 0.3) is 0 Å². The van der Waals surface area contributed by atoms with Gasteiger partial charge in [-0.15, -0.1) is 11.6 Å². The molecule has 1 atom stereocenters. The number of rotatable bonds is 3. The van der Waals surface area contributed by atoms with Crippen molar-refractivity contribution in [1.82, 2.24) is 0 Å². The van der Waals surface area contributed by atoms with Crippen molar-refractivity contribution in [3.63, 3.8) is 0 Å². The van der Waals surface area contributed by atoms with Crippen LogP contribution < -0.4 is 5.73 Å². The highest BCUT2D eigenvalue weighted by atomic mass is 79.9. The number of ketones is 1. The zero-order valence-corrected chi connectivity index (χ0v) is 10.1. The van der Waals surface area contributed by atoms with Gasteiger partial charge < -0.3 is 5.73 Å². The number of nitrogens with two attached hydrogens (primary N) is 1. The summed E-state index contributed by atoms with van der Waals surface area (Å²) in [7, 11) is 0. The van der Waals surface area contributed by atoms with Crippen LogP contribution in [0, 0.1) is 0 Å². The predicted octanol–water partition coefficient (Wildman–Crippen LogP) is 2.97. The van der Waals surface area contributed by atoms with Crippen molar-refractivity contribution in [2.24, 2.45) is 0 Å². The van der Waals surface area contributed by atoms with E-state index >= 15 is 0 Å². The summed E-state index contributed by atoms with van der Waals surface area (Å²) in [5.41, 5.74) is 7.63. The van der Waals surface area contributed by atoms with Crippen LogP contribution in [0.15, 0.2) is 18.2 Å². The lowest BCUT2D eigenvalue weighted by Gasteiger charge is -2.10. The predicted molar refractivity (Wildman–Crippen MR) is 63.1 cm³/mol. The molecule has 2 nitrogen and oxygen atoms in total. The first-order valence-corrected chi connectivity index (χ1v) is 5.75. The first-order valence-electron chi connectivity index (χ1n) is 4.19. The molecule has 4 heteroatoms. The van der Waals surface area contributed by atoms with Crippen LogP contribution in [-0.2, 0) is 5.33 Å². The molecule has 1 unspecified atom stereocenters. The highest BCUT2D eigenvalue weighted by Crippen LogP contribution is 2.22. The van der Waals surface area contributed by atoms with Crippen LogP contribution >= 0.6 is 27.5 Å². The Morgan fingerprint density at radius 2 is 2.29 bits per heavy atom. The van der Waals surface area contributed by atoms with Crippen LogP contribution in [-0.4, -0.2) is 11.2 Å². The van der Waals surface area contributed by atoms with Crippen molar-refractivity contribution in [2.75, 3.05) is 5.73 Å². The molecular weight excluding hydrogens is 265 g/mol. The molecule has 1 aromatic rings. The maximum Gasteiger partial charge on any atom is 0.182 e. The Hall–Kier alpha value is -0.540. The SMILES string of the molecule is CC(Cl)C(=O)c1c(N)cccc1CBr. The topological polar surface area (TPSA) is 43.1 Å². The van der Waals surface area contributed by atoms with Crippen molar-refractivity contribution in [2.45, 2.75) is 17.6 Å². The first-order chi connectivity index (χ1) is 6.57. The number of anilines is 1. The molecule has 0 saturated carbocycles. The number of carbonyl (C=O) groups is 1. The summed E-state index contributed by atoms with van der Waals surface area (Å²) in [5, 5.41) is 0.0559. The highest BCUT2D eigenvalue weighted by Gasteiger charge is 2.18. The fraction of sp³-hybridized carbons (Fsp3) is 0.300. The molecule has 2 N–H and O–H groups in total. The van der Waals surface area contributed by atoms with E-state index in [2.05, 4.69) is 15.9 Å². The molecule has 14 heavy (non-hydrogen) atoms. The number of hydrogen-bond donors (Lipinski definition) is 1. The van der Waals surface area contributed by atoms with E-state index < -0.39 is 5.38 Å². The van der Waals surface area contributed by atoms with Crippen LogP contribution in [0.1, 0.15) is 22.8 Å². The van der Waals surface area contributed by atoms with Crippen molar-refractivity contribution in [3.8, 4) is 0 Å². The number of carbonyl (C=O) groups excluding carboxylic acids is 1. The lowest BCUT2D eigenvalue weighted by molar-refractivity contribution is 0.0992. The van der Waals surface area contributed by atoms with Gasteiger partial charge in [-0.05, 0) is 18.6 Å². The summed E-state index contributed by atoms with van der Waals surface area (Å²) in [4.78, 5) is 11.7. The van der Waals surface area contributed by atoms with Crippen molar-refractivity contribution in [3.05, 3.63) is 29.3 Å². The van der Waals surface area contributed by atoms with Gasteiger partial charge in [-0.25, -0.2) is 0 Å². The molecule has 0 aliphatic carbocycles. The standard InChI is InChI=1S/C10H11BrClNO/c1-6(12)10(14)9-7(5-11)3-2-4-8(9)13/h2-4,6H,5,13H2,1H3. The van der Waals surface area contributed by atoms with E-state index in [0.717, 1.165) is 5.56 Å². The number of benzene rings is 1. The molecule has 0 amide bonds. The van der Waals surface area contributed by atoms with Crippen LogP contribution in [0.2, 0.25) is 0 Å². The van der Waals surface area contributed by atoms with Gasteiger partial charge >= 0.3 is 0 Å². The molecule has 0 aliphatic heterocycles. The van der Waals surface area contributed by atoms with E-state index in [1.54, 1.807) is 13.0 Å². The maximum absolute atomic E-state index is 11.7. The molecular formula is C10H11BrClNO. The van der Waals surface area contributed by atoms with Gasteiger partial charge in [-0.2, -0.15) is 0 Å². The Labute approximate surface area is 96.6 Å². The summed E-state index contributed by atoms with van der Waals surface area (Å²) >= 11 is 9.05. The van der Waals surface area contributed by atoms with Gasteiger partial charge in [0.2, 0.25) is 0 Å². The fourth-order valence-corrected chi connectivity index (χ4v) is 1.81. The largest absolute Gasteiger partial charge is 0.398 e. The van der Waals surface area contributed by atoms with E-state index in [9.17, 15) is 4.79 Å². The molecule has 0 spiro atoms. The Balaban J connectivity index is 3.23. The van der Waals surface area contributed by atoms with Crippen LogP contribution in [0.4, 0.5) is 5.69 Å². The van der Waals surface area contributed by atoms with Crippen LogP contribution in [0.25, 0.3) is 0 Å². The number of nitrogen functional groups attached to an aromatic ring is 1. The molecule has 0 radical (unpaired) electrons. The zero-order chi connectivity index (χ0) is 10.7. The first kappa shape index (κ1) is 11.5. The summed E-state index contributed by atoms with van der Waals surface area (Å²) in [6.07, 6.45) is 0. The third kappa shape index (κ3) is 2.28. The lowest BCUT2D eigenvalue weighted by atomic mass is 10.0. The Morgan fingerprint density at radius 1 is 1.64 bits per heavy atom. The van der Waals surface area contributed by atoms with E-state index in [1.807, 2.05) is 12.1 Å². The quantitative estimate of drug-likeness (QED) is 0.524. The number of alkyl halides is 2. The molecule has 0 saturated heterocycles. The summed E-state index contributed by atoms with van der Waals surface area (Å²) in [6, 6.07) is 5.39. The van der Waals surface area contributed by atoms with Gasteiger partial charge in [0, 0.05) is 16.6 Å². The minimum Gasteiger partial charge on any atom is -0.398 e. The Kier molecular flexibility index (Phi) is 3.96. The molecule has 0 aliphatic rings. The summed E-state index contributed by atoms with van der Waals surface area (Å²) < 4.78 is 0. The maximum atomic E-state index is 11.7.